The summed E-state index contributed by atoms with van der Waals surface area (Å²) in [6, 6.07) is 29.9. The van der Waals surface area contributed by atoms with E-state index in [4.69, 9.17) is 0 Å². The minimum atomic E-state index is 0.0759. The van der Waals surface area contributed by atoms with E-state index >= 15 is 0 Å². The van der Waals surface area contributed by atoms with Crippen LogP contribution in [-0.2, 0) is 0 Å². The van der Waals surface area contributed by atoms with E-state index in [2.05, 4.69) is 109 Å². The summed E-state index contributed by atoms with van der Waals surface area (Å²) in [6.45, 7) is 2.14. The SMILES string of the molecule is Cc1cccc(C2C=C(c3ccccc3)NC(c3ccccc3)N2)c1. The maximum atomic E-state index is 3.73. The Kier molecular flexibility index (Phi) is 4.36. The molecule has 2 unspecified atom stereocenters. The minimum absolute atomic E-state index is 0.0759. The summed E-state index contributed by atoms with van der Waals surface area (Å²) in [5, 5.41) is 7.38. The Morgan fingerprint density at radius 3 is 2.12 bits per heavy atom. The van der Waals surface area contributed by atoms with E-state index in [1.165, 1.54) is 28.0 Å². The van der Waals surface area contributed by atoms with Crippen LogP contribution in [0.25, 0.3) is 5.70 Å². The molecule has 0 bridgehead atoms. The lowest BCUT2D eigenvalue weighted by atomic mass is 9.97. The Hall–Kier alpha value is -2.84. The van der Waals surface area contributed by atoms with E-state index in [1.807, 2.05) is 0 Å². The summed E-state index contributed by atoms with van der Waals surface area (Å²) in [6.07, 6.45) is 2.36. The molecule has 25 heavy (non-hydrogen) atoms. The highest BCUT2D eigenvalue weighted by Crippen LogP contribution is 2.29. The maximum Gasteiger partial charge on any atom is 0.104 e. The maximum absolute atomic E-state index is 3.73. The van der Waals surface area contributed by atoms with Crippen LogP contribution in [0.2, 0.25) is 0 Å². The Balaban J connectivity index is 1.74. The largest absolute Gasteiger partial charge is 0.366 e. The number of aryl methyl sites for hydroxylation is 1. The molecule has 0 saturated carbocycles. The fourth-order valence-corrected chi connectivity index (χ4v) is 3.32. The van der Waals surface area contributed by atoms with Crippen LogP contribution >= 0.6 is 0 Å². The molecule has 3 aromatic rings. The van der Waals surface area contributed by atoms with Gasteiger partial charge in [0.2, 0.25) is 0 Å². The van der Waals surface area contributed by atoms with Gasteiger partial charge in [0.1, 0.15) is 6.17 Å². The second kappa shape index (κ2) is 6.96. The zero-order chi connectivity index (χ0) is 17.1. The highest BCUT2D eigenvalue weighted by Gasteiger charge is 2.23. The molecule has 2 atom stereocenters. The Labute approximate surface area is 149 Å². The normalized spacial score (nSPS) is 19.8. The number of hydrogen-bond donors (Lipinski definition) is 2. The van der Waals surface area contributed by atoms with Gasteiger partial charge in [-0.25, -0.2) is 0 Å². The van der Waals surface area contributed by atoms with Crippen molar-refractivity contribution in [2.45, 2.75) is 19.1 Å². The number of benzene rings is 3. The second-order valence-corrected chi connectivity index (χ2v) is 6.49. The summed E-state index contributed by atoms with van der Waals surface area (Å²) >= 11 is 0. The summed E-state index contributed by atoms with van der Waals surface area (Å²) < 4.78 is 0. The average Bonchev–Trinajstić information content (AvgIpc) is 2.69. The Morgan fingerprint density at radius 1 is 0.720 bits per heavy atom. The molecule has 0 spiro atoms. The molecule has 1 heterocycles. The van der Waals surface area contributed by atoms with Crippen molar-refractivity contribution in [3.8, 4) is 0 Å². The van der Waals surface area contributed by atoms with Crippen LogP contribution < -0.4 is 10.6 Å². The zero-order valence-corrected chi connectivity index (χ0v) is 14.3. The van der Waals surface area contributed by atoms with Crippen molar-refractivity contribution in [3.05, 3.63) is 113 Å². The van der Waals surface area contributed by atoms with Crippen LogP contribution in [0.3, 0.4) is 0 Å². The van der Waals surface area contributed by atoms with Crippen LogP contribution in [-0.4, -0.2) is 0 Å². The van der Waals surface area contributed by atoms with Crippen molar-refractivity contribution in [1.29, 1.82) is 0 Å². The summed E-state index contributed by atoms with van der Waals surface area (Å²) in [5.74, 6) is 0. The highest BCUT2D eigenvalue weighted by molar-refractivity contribution is 5.66. The molecular formula is C23H22N2. The Bertz CT molecular complexity index is 869. The first-order chi connectivity index (χ1) is 12.3. The predicted octanol–water partition coefficient (Wildman–Crippen LogP) is 4.97. The van der Waals surface area contributed by atoms with Gasteiger partial charge in [-0.2, -0.15) is 0 Å². The molecule has 1 aliphatic heterocycles. The van der Waals surface area contributed by atoms with Crippen molar-refractivity contribution in [2.24, 2.45) is 0 Å². The van der Waals surface area contributed by atoms with Crippen LogP contribution in [0.4, 0.5) is 0 Å². The molecule has 2 heteroatoms. The molecule has 0 saturated heterocycles. The van der Waals surface area contributed by atoms with Gasteiger partial charge in [-0.1, -0.05) is 90.5 Å². The molecule has 0 aromatic heterocycles. The lowest BCUT2D eigenvalue weighted by molar-refractivity contribution is 0.442. The van der Waals surface area contributed by atoms with Crippen molar-refractivity contribution >= 4 is 5.70 Å². The van der Waals surface area contributed by atoms with Crippen LogP contribution in [0.15, 0.2) is 91.0 Å². The summed E-state index contributed by atoms with van der Waals surface area (Å²) in [5.41, 5.74) is 6.18. The lowest BCUT2D eigenvalue weighted by Gasteiger charge is -2.33. The van der Waals surface area contributed by atoms with E-state index in [-0.39, 0.29) is 12.2 Å². The molecule has 4 rings (SSSR count). The molecule has 2 nitrogen and oxygen atoms in total. The first kappa shape index (κ1) is 15.7. The van der Waals surface area contributed by atoms with E-state index in [9.17, 15) is 0 Å². The summed E-state index contributed by atoms with van der Waals surface area (Å²) in [7, 11) is 0. The molecule has 1 aliphatic rings. The minimum Gasteiger partial charge on any atom is -0.366 e. The van der Waals surface area contributed by atoms with Gasteiger partial charge >= 0.3 is 0 Å². The van der Waals surface area contributed by atoms with E-state index in [1.54, 1.807) is 0 Å². The number of rotatable bonds is 3. The molecule has 3 aromatic carbocycles. The predicted molar refractivity (Wildman–Crippen MR) is 104 cm³/mol. The average molecular weight is 326 g/mol. The molecule has 0 aliphatic carbocycles. The van der Waals surface area contributed by atoms with Crippen LogP contribution in [0, 0.1) is 6.92 Å². The topological polar surface area (TPSA) is 24.1 Å². The van der Waals surface area contributed by atoms with Gasteiger partial charge in [-0.3, -0.25) is 5.32 Å². The molecular weight excluding hydrogens is 304 g/mol. The Morgan fingerprint density at radius 2 is 1.40 bits per heavy atom. The van der Waals surface area contributed by atoms with E-state index in [0.29, 0.717) is 0 Å². The van der Waals surface area contributed by atoms with Crippen molar-refractivity contribution in [3.63, 3.8) is 0 Å². The van der Waals surface area contributed by atoms with Crippen molar-refractivity contribution in [2.75, 3.05) is 0 Å². The standard InChI is InChI=1S/C23H22N2/c1-17-9-8-14-20(15-17)22-16-21(18-10-4-2-5-11-18)24-23(25-22)19-12-6-3-7-13-19/h2-16,22-25H,1H3. The van der Waals surface area contributed by atoms with Crippen molar-refractivity contribution < 1.29 is 0 Å². The van der Waals surface area contributed by atoms with Crippen LogP contribution in [0.1, 0.15) is 34.5 Å². The van der Waals surface area contributed by atoms with E-state index < -0.39 is 0 Å². The van der Waals surface area contributed by atoms with Gasteiger partial charge in [0.25, 0.3) is 0 Å². The zero-order valence-electron chi connectivity index (χ0n) is 14.3. The number of hydrogen-bond acceptors (Lipinski definition) is 2. The number of nitrogens with one attached hydrogen (secondary N) is 2. The molecule has 2 N–H and O–H groups in total. The van der Waals surface area contributed by atoms with Gasteiger partial charge in [-0.15, -0.1) is 0 Å². The first-order valence-electron chi connectivity index (χ1n) is 8.71. The first-order valence-corrected chi connectivity index (χ1v) is 8.71. The highest BCUT2D eigenvalue weighted by atomic mass is 15.2. The quantitative estimate of drug-likeness (QED) is 0.710. The monoisotopic (exact) mass is 326 g/mol. The fourth-order valence-electron chi connectivity index (χ4n) is 3.32. The third kappa shape index (κ3) is 3.49. The molecule has 0 amide bonds. The second-order valence-electron chi connectivity index (χ2n) is 6.49. The third-order valence-corrected chi connectivity index (χ3v) is 4.60. The van der Waals surface area contributed by atoms with E-state index in [0.717, 1.165) is 0 Å². The lowest BCUT2D eigenvalue weighted by Crippen LogP contribution is -2.39. The van der Waals surface area contributed by atoms with Gasteiger partial charge < -0.3 is 5.32 Å². The van der Waals surface area contributed by atoms with Crippen molar-refractivity contribution in [1.82, 2.24) is 10.6 Å². The molecule has 0 radical (unpaired) electrons. The third-order valence-electron chi connectivity index (χ3n) is 4.60. The van der Waals surface area contributed by atoms with Gasteiger partial charge in [0.15, 0.2) is 0 Å². The van der Waals surface area contributed by atoms with Crippen LogP contribution in [0.5, 0.6) is 0 Å². The van der Waals surface area contributed by atoms with Gasteiger partial charge in [0.05, 0.1) is 6.04 Å². The summed E-state index contributed by atoms with van der Waals surface area (Å²) in [4.78, 5) is 0. The van der Waals surface area contributed by atoms with Gasteiger partial charge in [-0.05, 0) is 29.7 Å². The molecule has 124 valence electrons. The molecule has 0 fully saturated rings. The smallest absolute Gasteiger partial charge is 0.104 e. The fraction of sp³-hybridized carbons (Fsp3) is 0.130. The van der Waals surface area contributed by atoms with Gasteiger partial charge in [0, 0.05) is 5.70 Å².